The van der Waals surface area contributed by atoms with Crippen molar-refractivity contribution in [3.8, 4) is 22.8 Å². The van der Waals surface area contributed by atoms with Gasteiger partial charge in [-0.2, -0.15) is 5.10 Å². The van der Waals surface area contributed by atoms with E-state index in [9.17, 15) is 4.79 Å². The zero-order valence-corrected chi connectivity index (χ0v) is 16.2. The molecule has 1 spiro atoms. The smallest absolute Gasteiger partial charge is 0.259 e. The largest absolute Gasteiger partial charge is 0.454 e. The summed E-state index contributed by atoms with van der Waals surface area (Å²) in [6.07, 6.45) is 4.63. The van der Waals surface area contributed by atoms with Crippen LogP contribution in [0.2, 0.25) is 0 Å². The minimum Gasteiger partial charge on any atom is -0.454 e. The molecule has 1 amide bonds. The molecule has 3 aliphatic heterocycles. The first-order chi connectivity index (χ1) is 14.7. The fraction of sp³-hybridized carbons (Fsp3) is 0.381. The standard InChI is InChI=1S/C21H20N4O5/c26-20(24-7-4-21(5-8-24)29-9-10-30-21)15-12-23-25-16(3-6-22-19(15)25)14-1-2-17-18(11-14)28-13-27-17/h1-3,6,11-12H,4-5,7-10,13H2. The second kappa shape index (κ2) is 6.68. The third kappa shape index (κ3) is 2.73. The van der Waals surface area contributed by atoms with Gasteiger partial charge in [0.15, 0.2) is 22.9 Å². The number of benzene rings is 1. The predicted molar refractivity (Wildman–Crippen MR) is 104 cm³/mol. The topological polar surface area (TPSA) is 87.4 Å². The van der Waals surface area contributed by atoms with E-state index in [1.165, 1.54) is 0 Å². The van der Waals surface area contributed by atoms with E-state index in [1.54, 1.807) is 16.9 Å². The Balaban J connectivity index is 1.30. The van der Waals surface area contributed by atoms with Crippen LogP contribution in [0.15, 0.2) is 36.7 Å². The van der Waals surface area contributed by atoms with Crippen molar-refractivity contribution in [3.63, 3.8) is 0 Å². The van der Waals surface area contributed by atoms with E-state index < -0.39 is 5.79 Å². The molecule has 2 saturated heterocycles. The molecule has 6 rings (SSSR count). The van der Waals surface area contributed by atoms with Crippen molar-refractivity contribution in [2.75, 3.05) is 33.1 Å². The molecule has 0 atom stereocenters. The van der Waals surface area contributed by atoms with Crippen molar-refractivity contribution in [1.82, 2.24) is 19.5 Å². The Morgan fingerprint density at radius 1 is 1.03 bits per heavy atom. The number of hydrogen-bond donors (Lipinski definition) is 0. The van der Waals surface area contributed by atoms with Gasteiger partial charge in [0, 0.05) is 37.7 Å². The summed E-state index contributed by atoms with van der Waals surface area (Å²) in [5.41, 5.74) is 2.75. The Morgan fingerprint density at radius 3 is 2.67 bits per heavy atom. The van der Waals surface area contributed by atoms with E-state index in [0.717, 1.165) is 17.0 Å². The molecule has 154 valence electrons. The molecule has 2 aromatic heterocycles. The molecule has 0 radical (unpaired) electrons. The predicted octanol–water partition coefficient (Wildman–Crippen LogP) is 2.10. The Bertz CT molecular complexity index is 1130. The maximum Gasteiger partial charge on any atom is 0.259 e. The fourth-order valence-electron chi connectivity index (χ4n) is 4.32. The zero-order chi connectivity index (χ0) is 20.1. The van der Waals surface area contributed by atoms with Gasteiger partial charge in [0.25, 0.3) is 5.91 Å². The van der Waals surface area contributed by atoms with Gasteiger partial charge in [0.1, 0.15) is 5.56 Å². The molecule has 5 heterocycles. The average molecular weight is 408 g/mol. The number of hydrogen-bond acceptors (Lipinski definition) is 7. The number of ether oxygens (including phenoxy) is 4. The first-order valence-electron chi connectivity index (χ1n) is 10.0. The van der Waals surface area contributed by atoms with Crippen LogP contribution < -0.4 is 9.47 Å². The highest BCUT2D eigenvalue weighted by atomic mass is 16.7. The van der Waals surface area contributed by atoms with Crippen LogP contribution in [0.5, 0.6) is 11.5 Å². The average Bonchev–Trinajstić information content (AvgIpc) is 3.53. The van der Waals surface area contributed by atoms with E-state index in [0.29, 0.717) is 56.1 Å². The van der Waals surface area contributed by atoms with Crippen LogP contribution in [0.3, 0.4) is 0 Å². The Hall–Kier alpha value is -3.17. The minimum atomic E-state index is -0.511. The Labute approximate surface area is 172 Å². The lowest BCUT2D eigenvalue weighted by atomic mass is 10.0. The van der Waals surface area contributed by atoms with Crippen molar-refractivity contribution < 1.29 is 23.7 Å². The van der Waals surface area contributed by atoms with Gasteiger partial charge in [0.2, 0.25) is 6.79 Å². The van der Waals surface area contributed by atoms with Gasteiger partial charge in [0.05, 0.1) is 25.1 Å². The number of carbonyl (C=O) groups excluding carboxylic acids is 1. The lowest BCUT2D eigenvalue weighted by Gasteiger charge is -2.37. The number of rotatable bonds is 2. The van der Waals surface area contributed by atoms with Crippen LogP contribution in [0.25, 0.3) is 16.9 Å². The molecule has 2 fully saturated rings. The number of aromatic nitrogens is 3. The second-order valence-corrected chi connectivity index (χ2v) is 7.59. The number of carbonyl (C=O) groups is 1. The fourth-order valence-corrected chi connectivity index (χ4v) is 4.32. The Kier molecular flexibility index (Phi) is 3.93. The highest BCUT2D eigenvalue weighted by Crippen LogP contribution is 2.36. The molecule has 9 nitrogen and oxygen atoms in total. The van der Waals surface area contributed by atoms with Crippen molar-refractivity contribution in [2.24, 2.45) is 0 Å². The summed E-state index contributed by atoms with van der Waals surface area (Å²) >= 11 is 0. The molecule has 0 saturated carbocycles. The van der Waals surface area contributed by atoms with Crippen molar-refractivity contribution >= 4 is 11.6 Å². The maximum absolute atomic E-state index is 13.2. The molecule has 0 unspecified atom stereocenters. The molecule has 30 heavy (non-hydrogen) atoms. The molecule has 0 aliphatic carbocycles. The molecular formula is C21H20N4O5. The van der Waals surface area contributed by atoms with Gasteiger partial charge >= 0.3 is 0 Å². The summed E-state index contributed by atoms with van der Waals surface area (Å²) in [4.78, 5) is 19.4. The first kappa shape index (κ1) is 17.7. The van der Waals surface area contributed by atoms with Gasteiger partial charge in [-0.15, -0.1) is 0 Å². The lowest BCUT2D eigenvalue weighted by Crippen LogP contribution is -2.47. The summed E-state index contributed by atoms with van der Waals surface area (Å²) in [6, 6.07) is 7.59. The first-order valence-corrected chi connectivity index (χ1v) is 10.0. The van der Waals surface area contributed by atoms with E-state index >= 15 is 0 Å². The van der Waals surface area contributed by atoms with Gasteiger partial charge in [-0.1, -0.05) is 0 Å². The summed E-state index contributed by atoms with van der Waals surface area (Å²) < 4.78 is 24.1. The van der Waals surface area contributed by atoms with Crippen LogP contribution in [-0.4, -0.2) is 64.3 Å². The maximum atomic E-state index is 13.2. The van der Waals surface area contributed by atoms with E-state index in [4.69, 9.17) is 18.9 Å². The number of nitrogens with zero attached hydrogens (tertiary/aromatic N) is 4. The van der Waals surface area contributed by atoms with Gasteiger partial charge in [-0.05, 0) is 24.3 Å². The van der Waals surface area contributed by atoms with Crippen LogP contribution in [0.1, 0.15) is 23.2 Å². The normalized spacial score (nSPS) is 19.7. The summed E-state index contributed by atoms with van der Waals surface area (Å²) in [5, 5.41) is 4.46. The summed E-state index contributed by atoms with van der Waals surface area (Å²) in [5.74, 6) is 0.828. The molecule has 3 aliphatic rings. The van der Waals surface area contributed by atoms with Gasteiger partial charge in [-0.3, -0.25) is 4.79 Å². The van der Waals surface area contributed by atoms with Crippen LogP contribution in [0, 0.1) is 0 Å². The van der Waals surface area contributed by atoms with E-state index in [-0.39, 0.29) is 12.7 Å². The highest BCUT2D eigenvalue weighted by Gasteiger charge is 2.41. The van der Waals surface area contributed by atoms with Gasteiger partial charge in [-0.25, -0.2) is 9.50 Å². The second-order valence-electron chi connectivity index (χ2n) is 7.59. The van der Waals surface area contributed by atoms with E-state index in [2.05, 4.69) is 10.1 Å². The molecule has 0 bridgehead atoms. The quantitative estimate of drug-likeness (QED) is 0.642. The number of amides is 1. The number of likely N-dealkylation sites (tertiary alicyclic amines) is 1. The molecule has 3 aromatic rings. The van der Waals surface area contributed by atoms with Crippen LogP contribution in [0.4, 0.5) is 0 Å². The van der Waals surface area contributed by atoms with Crippen molar-refractivity contribution in [2.45, 2.75) is 18.6 Å². The minimum absolute atomic E-state index is 0.0758. The molecule has 9 heteroatoms. The van der Waals surface area contributed by atoms with Crippen LogP contribution >= 0.6 is 0 Å². The highest BCUT2D eigenvalue weighted by molar-refractivity contribution is 6.00. The molecule has 0 N–H and O–H groups in total. The summed E-state index contributed by atoms with van der Waals surface area (Å²) in [7, 11) is 0. The number of fused-ring (bicyclic) bond motifs is 2. The molecule has 1 aromatic carbocycles. The monoisotopic (exact) mass is 408 g/mol. The summed E-state index contributed by atoms with van der Waals surface area (Å²) in [6.45, 7) is 2.62. The van der Waals surface area contributed by atoms with Crippen molar-refractivity contribution in [3.05, 3.63) is 42.2 Å². The lowest BCUT2D eigenvalue weighted by molar-refractivity contribution is -0.181. The van der Waals surface area contributed by atoms with E-state index in [1.807, 2.05) is 29.2 Å². The Morgan fingerprint density at radius 2 is 1.83 bits per heavy atom. The zero-order valence-electron chi connectivity index (χ0n) is 16.2. The molecular weight excluding hydrogens is 388 g/mol. The van der Waals surface area contributed by atoms with Crippen molar-refractivity contribution in [1.29, 1.82) is 0 Å². The van der Waals surface area contributed by atoms with Crippen LogP contribution in [-0.2, 0) is 9.47 Å². The number of piperidine rings is 1. The SMILES string of the molecule is O=C(c1cnn2c(-c3ccc4c(c3)OCO4)ccnc12)N1CCC2(CC1)OCCO2. The third-order valence-corrected chi connectivity index (χ3v) is 5.93. The van der Waals surface area contributed by atoms with Gasteiger partial charge < -0.3 is 23.8 Å². The third-order valence-electron chi connectivity index (χ3n) is 5.93.